The van der Waals surface area contributed by atoms with Gasteiger partial charge in [0.05, 0.1) is 6.67 Å². The first kappa shape index (κ1) is 23.9. The van der Waals surface area contributed by atoms with Crippen molar-refractivity contribution in [2.24, 2.45) is 0 Å². The third-order valence-electron chi connectivity index (χ3n) is 7.00. The summed E-state index contributed by atoms with van der Waals surface area (Å²) in [6, 6.07) is 11.4. The lowest BCUT2D eigenvalue weighted by Crippen LogP contribution is -2.13. The molecule has 0 radical (unpaired) electrons. The molecular weight excluding hydrogens is 393 g/mol. The van der Waals surface area contributed by atoms with Gasteiger partial charge in [-0.2, -0.15) is 0 Å². The lowest BCUT2D eigenvalue weighted by molar-refractivity contribution is 0.386. The molecule has 1 aliphatic carbocycles. The lowest BCUT2D eigenvalue weighted by Gasteiger charge is -2.29. The topological polar surface area (TPSA) is 0 Å². The summed E-state index contributed by atoms with van der Waals surface area (Å²) < 4.78 is 40.8. The standard InChI is InChI=1S/C28H37F3/c1-21-10-12-25(20-27(21)30)23-13-15-24(16-14-23)26-17-11-22(19-28(26)31)9-7-5-3-2-4-6-8-18-29/h10-12,17,19-20,23-24H,2-9,13-16,18H2,1H3. The summed E-state index contributed by atoms with van der Waals surface area (Å²) in [6.45, 7) is 1.59. The van der Waals surface area contributed by atoms with Crippen LogP contribution in [0.5, 0.6) is 0 Å². The molecule has 3 rings (SSSR count). The van der Waals surface area contributed by atoms with E-state index in [1.807, 2.05) is 18.2 Å². The van der Waals surface area contributed by atoms with Gasteiger partial charge in [0.15, 0.2) is 0 Å². The second-order valence-electron chi connectivity index (χ2n) is 9.33. The van der Waals surface area contributed by atoms with Gasteiger partial charge in [0, 0.05) is 0 Å². The number of halogens is 3. The second-order valence-corrected chi connectivity index (χ2v) is 9.33. The first-order valence-corrected chi connectivity index (χ1v) is 12.2. The molecule has 0 saturated heterocycles. The van der Waals surface area contributed by atoms with E-state index in [0.29, 0.717) is 17.9 Å². The zero-order valence-electron chi connectivity index (χ0n) is 18.9. The highest BCUT2D eigenvalue weighted by atomic mass is 19.1. The van der Waals surface area contributed by atoms with E-state index in [9.17, 15) is 13.2 Å². The molecule has 0 N–H and O–H groups in total. The number of alkyl halides is 1. The van der Waals surface area contributed by atoms with Gasteiger partial charge in [-0.15, -0.1) is 0 Å². The van der Waals surface area contributed by atoms with Gasteiger partial charge in [-0.25, -0.2) is 8.78 Å². The van der Waals surface area contributed by atoms with E-state index < -0.39 is 0 Å². The number of benzene rings is 2. The van der Waals surface area contributed by atoms with E-state index in [1.54, 1.807) is 19.1 Å². The maximum absolute atomic E-state index is 14.8. The quantitative estimate of drug-likeness (QED) is 0.312. The molecular formula is C28H37F3. The molecule has 2 aromatic carbocycles. The fourth-order valence-corrected chi connectivity index (χ4v) is 4.97. The molecule has 31 heavy (non-hydrogen) atoms. The van der Waals surface area contributed by atoms with E-state index >= 15 is 0 Å². The van der Waals surface area contributed by atoms with E-state index in [1.165, 1.54) is 12.8 Å². The maximum Gasteiger partial charge on any atom is 0.126 e. The summed E-state index contributed by atoms with van der Waals surface area (Å²) >= 11 is 0. The smallest absolute Gasteiger partial charge is 0.126 e. The minimum Gasteiger partial charge on any atom is -0.251 e. The van der Waals surface area contributed by atoms with Crippen LogP contribution in [0.2, 0.25) is 0 Å². The van der Waals surface area contributed by atoms with Gasteiger partial charge in [-0.05, 0) is 98.1 Å². The summed E-state index contributed by atoms with van der Waals surface area (Å²) in [5, 5.41) is 0. The van der Waals surface area contributed by atoms with Crippen LogP contribution in [-0.4, -0.2) is 6.67 Å². The van der Waals surface area contributed by atoms with Gasteiger partial charge in [-0.1, -0.05) is 56.4 Å². The second kappa shape index (κ2) is 12.3. The van der Waals surface area contributed by atoms with Gasteiger partial charge < -0.3 is 0 Å². The zero-order valence-corrected chi connectivity index (χ0v) is 18.9. The molecule has 0 heterocycles. The lowest BCUT2D eigenvalue weighted by atomic mass is 9.76. The summed E-state index contributed by atoms with van der Waals surface area (Å²) in [4.78, 5) is 0. The Morgan fingerprint density at radius 2 is 1.35 bits per heavy atom. The molecule has 0 unspecified atom stereocenters. The van der Waals surface area contributed by atoms with Crippen molar-refractivity contribution < 1.29 is 13.2 Å². The maximum atomic E-state index is 14.8. The molecule has 0 aromatic heterocycles. The molecule has 0 spiro atoms. The van der Waals surface area contributed by atoms with Gasteiger partial charge in [-0.3, -0.25) is 4.39 Å². The highest BCUT2D eigenvalue weighted by molar-refractivity contribution is 5.30. The minimum absolute atomic E-state index is 0.0615. The molecule has 1 saturated carbocycles. The number of unbranched alkanes of at least 4 members (excludes halogenated alkanes) is 6. The molecule has 0 amide bonds. The molecule has 3 heteroatoms. The van der Waals surface area contributed by atoms with Crippen molar-refractivity contribution in [3.05, 3.63) is 70.3 Å². The van der Waals surface area contributed by atoms with Gasteiger partial charge in [0.25, 0.3) is 0 Å². The van der Waals surface area contributed by atoms with Crippen molar-refractivity contribution in [3.8, 4) is 0 Å². The fourth-order valence-electron chi connectivity index (χ4n) is 4.97. The Morgan fingerprint density at radius 1 is 0.710 bits per heavy atom. The van der Waals surface area contributed by atoms with Crippen LogP contribution in [0.4, 0.5) is 13.2 Å². The highest BCUT2D eigenvalue weighted by Gasteiger charge is 2.25. The van der Waals surface area contributed by atoms with Crippen LogP contribution in [0.3, 0.4) is 0 Å². The number of rotatable bonds is 11. The summed E-state index contributed by atoms with van der Waals surface area (Å²) in [7, 11) is 0. The van der Waals surface area contributed by atoms with Crippen molar-refractivity contribution in [1.82, 2.24) is 0 Å². The summed E-state index contributed by atoms with van der Waals surface area (Å²) in [5.74, 6) is 0.460. The predicted octanol–water partition coefficient (Wildman–Crippen LogP) is 8.96. The van der Waals surface area contributed by atoms with Gasteiger partial charge in [0.2, 0.25) is 0 Å². The Labute approximate surface area is 186 Å². The average Bonchev–Trinajstić information content (AvgIpc) is 2.78. The van der Waals surface area contributed by atoms with Crippen molar-refractivity contribution >= 4 is 0 Å². The van der Waals surface area contributed by atoms with Crippen LogP contribution < -0.4 is 0 Å². The monoisotopic (exact) mass is 430 g/mol. The van der Waals surface area contributed by atoms with Crippen LogP contribution in [0, 0.1) is 18.6 Å². The van der Waals surface area contributed by atoms with Gasteiger partial charge >= 0.3 is 0 Å². The Balaban J connectivity index is 1.43. The third kappa shape index (κ3) is 7.12. The molecule has 0 nitrogen and oxygen atoms in total. The molecule has 0 bridgehead atoms. The Hall–Kier alpha value is -1.77. The Bertz CT molecular complexity index is 806. The third-order valence-corrected chi connectivity index (χ3v) is 7.00. The van der Waals surface area contributed by atoms with Crippen molar-refractivity contribution in [2.45, 2.75) is 95.8 Å². The molecule has 170 valence electrons. The normalized spacial score (nSPS) is 19.0. The van der Waals surface area contributed by atoms with E-state index in [0.717, 1.165) is 74.5 Å². The van der Waals surface area contributed by atoms with E-state index in [-0.39, 0.29) is 24.2 Å². The van der Waals surface area contributed by atoms with E-state index in [4.69, 9.17) is 0 Å². The number of hydrogen-bond donors (Lipinski definition) is 0. The minimum atomic E-state index is -0.199. The summed E-state index contributed by atoms with van der Waals surface area (Å²) in [6.07, 6.45) is 12.2. The first-order chi connectivity index (χ1) is 15.1. The van der Waals surface area contributed by atoms with Crippen molar-refractivity contribution in [3.63, 3.8) is 0 Å². The van der Waals surface area contributed by atoms with Crippen molar-refractivity contribution in [1.29, 1.82) is 0 Å². The largest absolute Gasteiger partial charge is 0.251 e. The van der Waals surface area contributed by atoms with Crippen LogP contribution in [0.1, 0.15) is 105 Å². The number of hydrogen-bond acceptors (Lipinski definition) is 0. The highest BCUT2D eigenvalue weighted by Crippen LogP contribution is 2.41. The Kier molecular flexibility index (Phi) is 9.49. The molecule has 0 atom stereocenters. The fraction of sp³-hybridized carbons (Fsp3) is 0.571. The Morgan fingerprint density at radius 3 is 2.00 bits per heavy atom. The SMILES string of the molecule is Cc1ccc(C2CCC(c3ccc(CCCCCCCCCF)cc3F)CC2)cc1F. The van der Waals surface area contributed by atoms with Gasteiger partial charge in [0.1, 0.15) is 11.6 Å². The van der Waals surface area contributed by atoms with Crippen LogP contribution in [0.25, 0.3) is 0 Å². The average molecular weight is 431 g/mol. The van der Waals surface area contributed by atoms with Crippen LogP contribution >= 0.6 is 0 Å². The molecule has 2 aromatic rings. The molecule has 0 aliphatic heterocycles. The summed E-state index contributed by atoms with van der Waals surface area (Å²) in [5.41, 5.74) is 3.71. The molecule has 1 aliphatic rings. The zero-order chi connectivity index (χ0) is 22.1. The van der Waals surface area contributed by atoms with Crippen LogP contribution in [0.15, 0.2) is 36.4 Å². The van der Waals surface area contributed by atoms with E-state index in [2.05, 4.69) is 6.07 Å². The van der Waals surface area contributed by atoms with Crippen LogP contribution in [-0.2, 0) is 6.42 Å². The molecule has 1 fully saturated rings. The number of aryl methyl sites for hydroxylation is 2. The van der Waals surface area contributed by atoms with Crippen molar-refractivity contribution in [2.75, 3.05) is 6.67 Å². The first-order valence-electron chi connectivity index (χ1n) is 12.2. The predicted molar refractivity (Wildman–Crippen MR) is 123 cm³/mol.